The van der Waals surface area contributed by atoms with Gasteiger partial charge in [0.05, 0.1) is 0 Å². The van der Waals surface area contributed by atoms with Crippen LogP contribution >= 0.6 is 11.3 Å². The van der Waals surface area contributed by atoms with E-state index in [1.807, 2.05) is 23.7 Å². The van der Waals surface area contributed by atoms with E-state index in [9.17, 15) is 0 Å². The molecule has 1 N–H and O–H groups in total. The molecule has 2 nitrogen and oxygen atoms in total. The molecule has 0 fully saturated rings. The number of aryl methyl sites for hydroxylation is 1. The standard InChI is InChI=1S/C15H18N2S/c1-11(12-5-8-16-9-6-12)17-14-3-2-4-15-13(14)7-10-18-15/h5-11,14,17H,2-4H2,1H3/t11-,14?/m1/s1. The maximum Gasteiger partial charge on any atom is 0.0336 e. The van der Waals surface area contributed by atoms with Gasteiger partial charge in [-0.1, -0.05) is 0 Å². The number of nitrogens with one attached hydrogen (secondary N) is 1. The average Bonchev–Trinajstić information content (AvgIpc) is 2.89. The third kappa shape index (κ3) is 2.33. The second-order valence-corrected chi connectivity index (χ2v) is 5.91. The molecule has 0 saturated heterocycles. The highest BCUT2D eigenvalue weighted by Gasteiger charge is 2.22. The lowest BCUT2D eigenvalue weighted by Crippen LogP contribution is -2.27. The van der Waals surface area contributed by atoms with Crippen LogP contribution in [-0.4, -0.2) is 4.98 Å². The Bertz CT molecular complexity index is 506. The number of pyridine rings is 1. The van der Waals surface area contributed by atoms with Crippen LogP contribution in [0, 0.1) is 0 Å². The van der Waals surface area contributed by atoms with Crippen LogP contribution in [0.3, 0.4) is 0 Å². The zero-order chi connectivity index (χ0) is 12.4. The molecule has 3 heteroatoms. The Morgan fingerprint density at radius 3 is 3.00 bits per heavy atom. The lowest BCUT2D eigenvalue weighted by molar-refractivity contribution is 0.418. The SMILES string of the molecule is C[C@@H](NC1CCCc2sccc21)c1ccncc1. The van der Waals surface area contributed by atoms with Crippen molar-refractivity contribution >= 4 is 11.3 Å². The third-order valence-electron chi connectivity index (χ3n) is 3.71. The van der Waals surface area contributed by atoms with Gasteiger partial charge in [-0.3, -0.25) is 4.98 Å². The van der Waals surface area contributed by atoms with Gasteiger partial charge in [-0.15, -0.1) is 11.3 Å². The zero-order valence-electron chi connectivity index (χ0n) is 10.6. The average molecular weight is 258 g/mol. The van der Waals surface area contributed by atoms with Crippen LogP contribution in [0.25, 0.3) is 0 Å². The van der Waals surface area contributed by atoms with Crippen LogP contribution in [0.5, 0.6) is 0 Å². The molecule has 0 spiro atoms. The molecule has 1 aliphatic rings. The number of aromatic nitrogens is 1. The monoisotopic (exact) mass is 258 g/mol. The summed E-state index contributed by atoms with van der Waals surface area (Å²) in [4.78, 5) is 5.65. The number of hydrogen-bond donors (Lipinski definition) is 1. The van der Waals surface area contributed by atoms with Crippen molar-refractivity contribution in [1.29, 1.82) is 0 Å². The molecular formula is C15H18N2S. The van der Waals surface area contributed by atoms with E-state index in [2.05, 4.69) is 40.8 Å². The summed E-state index contributed by atoms with van der Waals surface area (Å²) in [6.07, 6.45) is 7.54. The number of fused-ring (bicyclic) bond motifs is 1. The van der Waals surface area contributed by atoms with Gasteiger partial charge in [0.2, 0.25) is 0 Å². The summed E-state index contributed by atoms with van der Waals surface area (Å²) in [5, 5.41) is 5.98. The molecule has 18 heavy (non-hydrogen) atoms. The first-order valence-electron chi connectivity index (χ1n) is 6.57. The summed E-state index contributed by atoms with van der Waals surface area (Å²) in [6, 6.07) is 7.37. The minimum Gasteiger partial charge on any atom is -0.303 e. The van der Waals surface area contributed by atoms with Crippen LogP contribution in [-0.2, 0) is 6.42 Å². The van der Waals surface area contributed by atoms with Crippen molar-refractivity contribution in [3.05, 3.63) is 52.0 Å². The molecule has 0 amide bonds. The van der Waals surface area contributed by atoms with Gasteiger partial charge in [0.15, 0.2) is 0 Å². The van der Waals surface area contributed by atoms with Crippen LogP contribution in [0.1, 0.15) is 47.9 Å². The van der Waals surface area contributed by atoms with Crippen molar-refractivity contribution in [2.24, 2.45) is 0 Å². The van der Waals surface area contributed by atoms with Gasteiger partial charge in [-0.25, -0.2) is 0 Å². The number of rotatable bonds is 3. The highest BCUT2D eigenvalue weighted by atomic mass is 32.1. The van der Waals surface area contributed by atoms with Gasteiger partial charge in [0.1, 0.15) is 0 Å². The molecule has 0 aliphatic heterocycles. The van der Waals surface area contributed by atoms with Crippen molar-refractivity contribution < 1.29 is 0 Å². The zero-order valence-corrected chi connectivity index (χ0v) is 11.4. The van der Waals surface area contributed by atoms with Crippen molar-refractivity contribution in [2.45, 2.75) is 38.3 Å². The maximum atomic E-state index is 4.08. The second kappa shape index (κ2) is 5.21. The fourth-order valence-electron chi connectivity index (χ4n) is 2.71. The Morgan fingerprint density at radius 1 is 1.33 bits per heavy atom. The number of hydrogen-bond acceptors (Lipinski definition) is 3. The normalized spacial score (nSPS) is 20.4. The van der Waals surface area contributed by atoms with Gasteiger partial charge >= 0.3 is 0 Å². The Morgan fingerprint density at radius 2 is 2.17 bits per heavy atom. The van der Waals surface area contributed by atoms with Gasteiger partial charge in [0, 0.05) is 29.4 Å². The van der Waals surface area contributed by atoms with Crippen molar-refractivity contribution in [1.82, 2.24) is 10.3 Å². The molecule has 2 atom stereocenters. The Balaban J connectivity index is 1.75. The molecule has 0 aromatic carbocycles. The van der Waals surface area contributed by atoms with Crippen LogP contribution in [0.2, 0.25) is 0 Å². The van der Waals surface area contributed by atoms with E-state index in [0.717, 1.165) is 0 Å². The molecular weight excluding hydrogens is 240 g/mol. The summed E-state index contributed by atoms with van der Waals surface area (Å²) < 4.78 is 0. The predicted octanol–water partition coefficient (Wildman–Crippen LogP) is 3.87. The Hall–Kier alpha value is -1.19. The fourth-order valence-corrected chi connectivity index (χ4v) is 3.70. The lowest BCUT2D eigenvalue weighted by Gasteiger charge is -2.27. The molecule has 2 heterocycles. The summed E-state index contributed by atoms with van der Waals surface area (Å²) in [6.45, 7) is 2.23. The largest absolute Gasteiger partial charge is 0.303 e. The van der Waals surface area contributed by atoms with Crippen molar-refractivity contribution in [3.63, 3.8) is 0 Å². The molecule has 2 aromatic rings. The summed E-state index contributed by atoms with van der Waals surface area (Å²) in [5.74, 6) is 0. The molecule has 0 bridgehead atoms. The van der Waals surface area contributed by atoms with Crippen molar-refractivity contribution in [2.75, 3.05) is 0 Å². The van der Waals surface area contributed by atoms with Crippen LogP contribution in [0.15, 0.2) is 36.0 Å². The van der Waals surface area contributed by atoms with E-state index in [4.69, 9.17) is 0 Å². The highest BCUT2D eigenvalue weighted by Crippen LogP contribution is 2.34. The smallest absolute Gasteiger partial charge is 0.0336 e. The molecule has 3 rings (SSSR count). The number of nitrogens with zero attached hydrogens (tertiary/aromatic N) is 1. The minimum atomic E-state index is 0.379. The molecule has 0 saturated carbocycles. The van der Waals surface area contributed by atoms with E-state index in [0.29, 0.717) is 12.1 Å². The van der Waals surface area contributed by atoms with Gasteiger partial charge in [-0.05, 0) is 60.9 Å². The third-order valence-corrected chi connectivity index (χ3v) is 4.71. The Labute approximate surface area is 112 Å². The number of thiophene rings is 1. The second-order valence-electron chi connectivity index (χ2n) is 4.91. The predicted molar refractivity (Wildman–Crippen MR) is 75.8 cm³/mol. The molecule has 0 radical (unpaired) electrons. The molecule has 1 unspecified atom stereocenters. The molecule has 1 aliphatic carbocycles. The fraction of sp³-hybridized carbons (Fsp3) is 0.400. The first-order valence-corrected chi connectivity index (χ1v) is 7.45. The van der Waals surface area contributed by atoms with Crippen LogP contribution < -0.4 is 5.32 Å². The van der Waals surface area contributed by atoms with E-state index in [1.54, 1.807) is 4.88 Å². The van der Waals surface area contributed by atoms with E-state index < -0.39 is 0 Å². The maximum absolute atomic E-state index is 4.08. The first-order chi connectivity index (χ1) is 8.84. The minimum absolute atomic E-state index is 0.379. The van der Waals surface area contributed by atoms with Crippen molar-refractivity contribution in [3.8, 4) is 0 Å². The van der Waals surface area contributed by atoms with E-state index >= 15 is 0 Å². The van der Waals surface area contributed by atoms with Crippen LogP contribution in [0.4, 0.5) is 0 Å². The molecule has 94 valence electrons. The highest BCUT2D eigenvalue weighted by molar-refractivity contribution is 7.10. The first kappa shape index (κ1) is 11.9. The van der Waals surface area contributed by atoms with Gasteiger partial charge in [-0.2, -0.15) is 0 Å². The summed E-state index contributed by atoms with van der Waals surface area (Å²) >= 11 is 1.90. The lowest BCUT2D eigenvalue weighted by atomic mass is 9.93. The summed E-state index contributed by atoms with van der Waals surface area (Å²) in [5.41, 5.74) is 2.83. The van der Waals surface area contributed by atoms with E-state index in [-0.39, 0.29) is 0 Å². The molecule has 2 aromatic heterocycles. The van der Waals surface area contributed by atoms with Gasteiger partial charge < -0.3 is 5.32 Å². The van der Waals surface area contributed by atoms with Gasteiger partial charge in [0.25, 0.3) is 0 Å². The topological polar surface area (TPSA) is 24.9 Å². The Kier molecular flexibility index (Phi) is 3.43. The quantitative estimate of drug-likeness (QED) is 0.904. The van der Waals surface area contributed by atoms with E-state index in [1.165, 1.54) is 30.4 Å². The summed E-state index contributed by atoms with van der Waals surface area (Å²) in [7, 11) is 0.